The van der Waals surface area contributed by atoms with Gasteiger partial charge in [-0.05, 0) is 44.1 Å². The standard InChI is InChI=1S/C12H17FN2O2S/c1-14-8-10-5-6-15(9-10)18(16,17)12-4-2-3-11(13)7-12/h2-4,7,10,14H,5-6,8-9H2,1H3. The van der Waals surface area contributed by atoms with Gasteiger partial charge in [-0.25, -0.2) is 12.8 Å². The molecule has 1 heterocycles. The number of rotatable bonds is 4. The van der Waals surface area contributed by atoms with Gasteiger partial charge in [0.1, 0.15) is 5.82 Å². The number of nitrogens with one attached hydrogen (secondary N) is 1. The molecule has 0 saturated carbocycles. The van der Waals surface area contributed by atoms with Crippen molar-refractivity contribution >= 4 is 10.0 Å². The molecule has 1 aliphatic rings. The minimum absolute atomic E-state index is 0.0348. The summed E-state index contributed by atoms with van der Waals surface area (Å²) in [5.74, 6) is -0.194. The maximum absolute atomic E-state index is 13.1. The van der Waals surface area contributed by atoms with Gasteiger partial charge in [0, 0.05) is 13.1 Å². The molecule has 4 nitrogen and oxygen atoms in total. The van der Waals surface area contributed by atoms with Crippen LogP contribution in [0, 0.1) is 11.7 Å². The molecule has 0 aromatic heterocycles. The fraction of sp³-hybridized carbons (Fsp3) is 0.500. The molecule has 1 unspecified atom stereocenters. The molecule has 0 amide bonds. The molecule has 0 bridgehead atoms. The Hall–Kier alpha value is -0.980. The molecule has 0 radical (unpaired) electrons. The molecule has 1 aliphatic heterocycles. The van der Waals surface area contributed by atoms with Gasteiger partial charge in [-0.15, -0.1) is 0 Å². The monoisotopic (exact) mass is 272 g/mol. The van der Waals surface area contributed by atoms with Crippen LogP contribution < -0.4 is 5.32 Å². The summed E-state index contributed by atoms with van der Waals surface area (Å²) < 4.78 is 39.1. The predicted octanol–water partition coefficient (Wildman–Crippen LogP) is 1.06. The quantitative estimate of drug-likeness (QED) is 0.891. The number of halogens is 1. The van der Waals surface area contributed by atoms with Gasteiger partial charge >= 0.3 is 0 Å². The number of sulfonamides is 1. The third kappa shape index (κ3) is 2.71. The van der Waals surface area contributed by atoms with Gasteiger partial charge in [-0.3, -0.25) is 0 Å². The second-order valence-corrected chi connectivity index (χ2v) is 6.47. The second-order valence-electron chi connectivity index (χ2n) is 4.53. The molecule has 1 aromatic rings. The molecular formula is C12H17FN2O2S. The van der Waals surface area contributed by atoms with Crippen molar-refractivity contribution < 1.29 is 12.8 Å². The summed E-state index contributed by atoms with van der Waals surface area (Å²) in [5, 5.41) is 3.05. The van der Waals surface area contributed by atoms with E-state index in [2.05, 4.69) is 5.32 Å². The van der Waals surface area contributed by atoms with E-state index in [-0.39, 0.29) is 4.90 Å². The zero-order chi connectivity index (χ0) is 13.2. The average molecular weight is 272 g/mol. The van der Waals surface area contributed by atoms with Gasteiger partial charge in [-0.2, -0.15) is 4.31 Å². The highest BCUT2D eigenvalue weighted by Gasteiger charge is 2.32. The Balaban J connectivity index is 2.18. The second kappa shape index (κ2) is 5.34. The van der Waals surface area contributed by atoms with E-state index in [4.69, 9.17) is 0 Å². The zero-order valence-corrected chi connectivity index (χ0v) is 11.1. The van der Waals surface area contributed by atoms with Crippen LogP contribution in [0.3, 0.4) is 0 Å². The Kier molecular flexibility index (Phi) is 3.99. The first-order valence-corrected chi connectivity index (χ1v) is 7.38. The van der Waals surface area contributed by atoms with E-state index in [9.17, 15) is 12.8 Å². The minimum atomic E-state index is -3.55. The lowest BCUT2D eigenvalue weighted by Crippen LogP contribution is -2.30. The molecule has 0 spiro atoms. The molecule has 2 rings (SSSR count). The van der Waals surface area contributed by atoms with Crippen LogP contribution in [0.4, 0.5) is 4.39 Å². The number of hydrogen-bond donors (Lipinski definition) is 1. The van der Waals surface area contributed by atoms with Crippen molar-refractivity contribution in [3.8, 4) is 0 Å². The van der Waals surface area contributed by atoms with Gasteiger partial charge < -0.3 is 5.32 Å². The fourth-order valence-corrected chi connectivity index (χ4v) is 3.81. The minimum Gasteiger partial charge on any atom is -0.319 e. The first kappa shape index (κ1) is 13.5. The topological polar surface area (TPSA) is 49.4 Å². The molecule has 1 fully saturated rings. The maximum Gasteiger partial charge on any atom is 0.243 e. The molecule has 1 atom stereocenters. The summed E-state index contributed by atoms with van der Waals surface area (Å²) in [5.41, 5.74) is 0. The van der Waals surface area contributed by atoms with Gasteiger partial charge in [0.2, 0.25) is 10.0 Å². The van der Waals surface area contributed by atoms with Crippen LogP contribution in [0.2, 0.25) is 0 Å². The first-order chi connectivity index (χ1) is 8.54. The highest BCUT2D eigenvalue weighted by Crippen LogP contribution is 2.24. The largest absolute Gasteiger partial charge is 0.319 e. The van der Waals surface area contributed by atoms with E-state index >= 15 is 0 Å². The van der Waals surface area contributed by atoms with E-state index in [0.29, 0.717) is 19.0 Å². The summed E-state index contributed by atoms with van der Waals surface area (Å²) in [6.07, 6.45) is 0.843. The summed E-state index contributed by atoms with van der Waals surface area (Å²) >= 11 is 0. The van der Waals surface area contributed by atoms with E-state index in [1.165, 1.54) is 22.5 Å². The fourth-order valence-electron chi connectivity index (χ4n) is 2.25. The predicted molar refractivity (Wildman–Crippen MR) is 67.2 cm³/mol. The molecule has 1 N–H and O–H groups in total. The Morgan fingerprint density at radius 1 is 1.50 bits per heavy atom. The van der Waals surface area contributed by atoms with Crippen molar-refractivity contribution in [3.05, 3.63) is 30.1 Å². The van der Waals surface area contributed by atoms with E-state index in [0.717, 1.165) is 19.0 Å². The Labute approximate surface area is 107 Å². The third-order valence-electron chi connectivity index (χ3n) is 3.18. The molecule has 1 aromatic carbocycles. The van der Waals surface area contributed by atoms with Crippen molar-refractivity contribution in [3.63, 3.8) is 0 Å². The highest BCUT2D eigenvalue weighted by molar-refractivity contribution is 7.89. The van der Waals surface area contributed by atoms with Crippen molar-refractivity contribution in [1.82, 2.24) is 9.62 Å². The lowest BCUT2D eigenvalue weighted by molar-refractivity contribution is 0.450. The smallest absolute Gasteiger partial charge is 0.243 e. The van der Waals surface area contributed by atoms with E-state index in [1.54, 1.807) is 0 Å². The number of nitrogens with zero attached hydrogens (tertiary/aromatic N) is 1. The first-order valence-electron chi connectivity index (χ1n) is 5.94. The van der Waals surface area contributed by atoms with E-state index in [1.807, 2.05) is 7.05 Å². The summed E-state index contributed by atoms with van der Waals surface area (Å²) in [6.45, 7) is 1.81. The van der Waals surface area contributed by atoms with Gasteiger partial charge in [0.15, 0.2) is 0 Å². The molecule has 1 saturated heterocycles. The van der Waals surface area contributed by atoms with Crippen molar-refractivity contribution in [1.29, 1.82) is 0 Å². The summed E-state index contributed by atoms with van der Waals surface area (Å²) in [7, 11) is -1.70. The molecule has 18 heavy (non-hydrogen) atoms. The van der Waals surface area contributed by atoms with Crippen LogP contribution in [0.15, 0.2) is 29.2 Å². The van der Waals surface area contributed by atoms with Crippen LogP contribution in [-0.2, 0) is 10.0 Å². The third-order valence-corrected chi connectivity index (χ3v) is 5.04. The Bertz CT molecular complexity index is 519. The lowest BCUT2D eigenvalue weighted by Gasteiger charge is -2.16. The summed E-state index contributed by atoms with van der Waals surface area (Å²) in [4.78, 5) is 0.0348. The SMILES string of the molecule is CNCC1CCN(S(=O)(=O)c2cccc(F)c2)C1. The molecular weight excluding hydrogens is 255 g/mol. The molecule has 6 heteroatoms. The van der Waals surface area contributed by atoms with Crippen molar-refractivity contribution in [2.75, 3.05) is 26.7 Å². The zero-order valence-electron chi connectivity index (χ0n) is 10.3. The highest BCUT2D eigenvalue weighted by atomic mass is 32.2. The normalized spacial score (nSPS) is 21.3. The van der Waals surface area contributed by atoms with Gasteiger partial charge in [0.05, 0.1) is 4.90 Å². The Morgan fingerprint density at radius 3 is 2.94 bits per heavy atom. The van der Waals surface area contributed by atoms with E-state index < -0.39 is 15.8 Å². The maximum atomic E-state index is 13.1. The summed E-state index contributed by atoms with van der Waals surface area (Å²) in [6, 6.07) is 5.17. The van der Waals surface area contributed by atoms with Gasteiger partial charge in [-0.1, -0.05) is 6.07 Å². The number of hydrogen-bond acceptors (Lipinski definition) is 3. The molecule has 100 valence electrons. The van der Waals surface area contributed by atoms with Crippen molar-refractivity contribution in [2.24, 2.45) is 5.92 Å². The van der Waals surface area contributed by atoms with Crippen LogP contribution >= 0.6 is 0 Å². The molecule has 0 aliphatic carbocycles. The van der Waals surface area contributed by atoms with Gasteiger partial charge in [0.25, 0.3) is 0 Å². The number of benzene rings is 1. The van der Waals surface area contributed by atoms with Crippen molar-refractivity contribution in [2.45, 2.75) is 11.3 Å². The van der Waals surface area contributed by atoms with Crippen LogP contribution in [0.1, 0.15) is 6.42 Å². The van der Waals surface area contributed by atoms with Crippen LogP contribution in [-0.4, -0.2) is 39.4 Å². The Morgan fingerprint density at radius 2 is 2.28 bits per heavy atom. The average Bonchev–Trinajstić information content (AvgIpc) is 2.79. The van der Waals surface area contributed by atoms with Crippen LogP contribution in [0.5, 0.6) is 0 Å². The van der Waals surface area contributed by atoms with Crippen LogP contribution in [0.25, 0.3) is 0 Å². The lowest BCUT2D eigenvalue weighted by atomic mass is 10.1.